The third kappa shape index (κ3) is 3.41. The molecule has 0 radical (unpaired) electrons. The molecule has 0 bridgehead atoms. The third-order valence-electron chi connectivity index (χ3n) is 3.11. The van der Waals surface area contributed by atoms with E-state index in [-0.39, 0.29) is 0 Å². The summed E-state index contributed by atoms with van der Waals surface area (Å²) in [7, 11) is 0. The van der Waals surface area contributed by atoms with E-state index >= 15 is 0 Å². The van der Waals surface area contributed by atoms with Crippen molar-refractivity contribution < 1.29 is 4.74 Å². The molecule has 0 saturated carbocycles. The molecule has 0 unspecified atom stereocenters. The maximum Gasteiger partial charge on any atom is 0.106 e. The SMILES string of the molecule is NC(=S)c1ccccc1NCC1CCOCC1. The number of benzene rings is 1. The lowest BCUT2D eigenvalue weighted by molar-refractivity contribution is 0.0699. The number of anilines is 1. The molecule has 1 aromatic rings. The first-order chi connectivity index (χ1) is 8.27. The van der Waals surface area contributed by atoms with Crippen LogP contribution in [0.2, 0.25) is 0 Å². The summed E-state index contributed by atoms with van der Waals surface area (Å²) in [4.78, 5) is 0.445. The summed E-state index contributed by atoms with van der Waals surface area (Å²) in [5, 5.41) is 3.44. The first kappa shape index (κ1) is 12.3. The van der Waals surface area contributed by atoms with Crippen LogP contribution in [0.15, 0.2) is 24.3 Å². The molecule has 4 heteroatoms. The first-order valence-electron chi connectivity index (χ1n) is 5.98. The Morgan fingerprint density at radius 3 is 2.76 bits per heavy atom. The molecule has 1 heterocycles. The minimum absolute atomic E-state index is 0.445. The topological polar surface area (TPSA) is 47.3 Å². The van der Waals surface area contributed by atoms with Crippen LogP contribution in [0.25, 0.3) is 0 Å². The second-order valence-electron chi connectivity index (χ2n) is 4.35. The highest BCUT2D eigenvalue weighted by atomic mass is 32.1. The van der Waals surface area contributed by atoms with Crippen LogP contribution >= 0.6 is 12.2 Å². The lowest BCUT2D eigenvalue weighted by Crippen LogP contribution is -2.23. The second kappa shape index (κ2) is 5.98. The van der Waals surface area contributed by atoms with Gasteiger partial charge in [0.25, 0.3) is 0 Å². The Kier molecular flexibility index (Phi) is 4.34. The molecule has 0 atom stereocenters. The Morgan fingerprint density at radius 2 is 2.06 bits per heavy atom. The fraction of sp³-hybridized carbons (Fsp3) is 0.462. The van der Waals surface area contributed by atoms with Gasteiger partial charge in [-0.05, 0) is 30.9 Å². The number of nitrogens with two attached hydrogens (primary N) is 1. The zero-order chi connectivity index (χ0) is 12.1. The van der Waals surface area contributed by atoms with Gasteiger partial charge in [0.2, 0.25) is 0 Å². The molecular weight excluding hydrogens is 232 g/mol. The highest BCUT2D eigenvalue weighted by Crippen LogP contribution is 2.19. The predicted molar refractivity (Wildman–Crippen MR) is 74.4 cm³/mol. The zero-order valence-electron chi connectivity index (χ0n) is 9.82. The van der Waals surface area contributed by atoms with Crippen LogP contribution in [0.3, 0.4) is 0 Å². The van der Waals surface area contributed by atoms with Gasteiger partial charge in [-0.2, -0.15) is 0 Å². The highest BCUT2D eigenvalue weighted by molar-refractivity contribution is 7.80. The van der Waals surface area contributed by atoms with Gasteiger partial charge in [0.05, 0.1) is 0 Å². The van der Waals surface area contributed by atoms with E-state index in [1.165, 1.54) is 0 Å². The molecule has 1 aromatic carbocycles. The molecule has 0 amide bonds. The number of rotatable bonds is 4. The van der Waals surface area contributed by atoms with Crippen molar-refractivity contribution in [1.29, 1.82) is 0 Å². The van der Waals surface area contributed by atoms with Crippen molar-refractivity contribution >= 4 is 22.9 Å². The summed E-state index contributed by atoms with van der Waals surface area (Å²) in [5.41, 5.74) is 7.65. The van der Waals surface area contributed by atoms with Crippen LogP contribution in [0.5, 0.6) is 0 Å². The lowest BCUT2D eigenvalue weighted by Gasteiger charge is -2.23. The normalized spacial score (nSPS) is 16.7. The van der Waals surface area contributed by atoms with Crippen molar-refractivity contribution in [2.24, 2.45) is 11.7 Å². The fourth-order valence-electron chi connectivity index (χ4n) is 2.06. The third-order valence-corrected chi connectivity index (χ3v) is 3.33. The molecule has 3 N–H and O–H groups in total. The Bertz CT molecular complexity index is 389. The molecule has 1 saturated heterocycles. The molecular formula is C13H18N2OS. The van der Waals surface area contributed by atoms with Gasteiger partial charge < -0.3 is 15.8 Å². The number of thiocarbonyl (C=S) groups is 1. The standard InChI is InChI=1S/C13H18N2OS/c14-13(17)11-3-1-2-4-12(11)15-9-10-5-7-16-8-6-10/h1-4,10,15H,5-9H2,(H2,14,17). The Hall–Kier alpha value is -1.13. The van der Waals surface area contributed by atoms with E-state index in [9.17, 15) is 0 Å². The summed E-state index contributed by atoms with van der Waals surface area (Å²) in [6.07, 6.45) is 2.25. The monoisotopic (exact) mass is 250 g/mol. The van der Waals surface area contributed by atoms with E-state index < -0.39 is 0 Å². The second-order valence-corrected chi connectivity index (χ2v) is 4.79. The maximum atomic E-state index is 5.69. The van der Waals surface area contributed by atoms with E-state index in [0.717, 1.165) is 43.9 Å². The molecule has 17 heavy (non-hydrogen) atoms. The molecule has 1 aliphatic heterocycles. The van der Waals surface area contributed by atoms with Crippen molar-refractivity contribution in [3.8, 4) is 0 Å². The largest absolute Gasteiger partial charge is 0.389 e. The zero-order valence-corrected chi connectivity index (χ0v) is 10.6. The minimum Gasteiger partial charge on any atom is -0.389 e. The lowest BCUT2D eigenvalue weighted by atomic mass is 10.00. The van der Waals surface area contributed by atoms with E-state index in [1.54, 1.807) is 0 Å². The molecule has 1 fully saturated rings. The molecule has 92 valence electrons. The van der Waals surface area contributed by atoms with Gasteiger partial charge in [-0.1, -0.05) is 24.4 Å². The smallest absolute Gasteiger partial charge is 0.106 e. The van der Waals surface area contributed by atoms with Crippen molar-refractivity contribution in [3.63, 3.8) is 0 Å². The minimum atomic E-state index is 0.445. The number of hydrogen-bond acceptors (Lipinski definition) is 3. The fourth-order valence-corrected chi connectivity index (χ4v) is 2.23. The number of para-hydroxylation sites is 1. The molecule has 0 spiro atoms. The van der Waals surface area contributed by atoms with Crippen molar-refractivity contribution in [1.82, 2.24) is 0 Å². The Labute approximate surface area is 107 Å². The molecule has 0 aliphatic carbocycles. The summed E-state index contributed by atoms with van der Waals surface area (Å²) >= 11 is 5.04. The van der Waals surface area contributed by atoms with Crippen LogP contribution in [0, 0.1) is 5.92 Å². The van der Waals surface area contributed by atoms with E-state index in [2.05, 4.69) is 5.32 Å². The molecule has 1 aliphatic rings. The van der Waals surface area contributed by atoms with Crippen molar-refractivity contribution in [3.05, 3.63) is 29.8 Å². The highest BCUT2D eigenvalue weighted by Gasteiger charge is 2.14. The first-order valence-corrected chi connectivity index (χ1v) is 6.38. The number of ether oxygens (including phenoxy) is 1. The van der Waals surface area contributed by atoms with Gasteiger partial charge in [0.1, 0.15) is 4.99 Å². The van der Waals surface area contributed by atoms with E-state index in [0.29, 0.717) is 10.9 Å². The summed E-state index contributed by atoms with van der Waals surface area (Å²) in [5.74, 6) is 0.683. The van der Waals surface area contributed by atoms with Crippen molar-refractivity contribution in [2.45, 2.75) is 12.8 Å². The van der Waals surface area contributed by atoms with Crippen LogP contribution in [0.1, 0.15) is 18.4 Å². The van der Waals surface area contributed by atoms with Gasteiger partial charge >= 0.3 is 0 Å². The number of nitrogens with one attached hydrogen (secondary N) is 1. The van der Waals surface area contributed by atoms with Crippen LogP contribution < -0.4 is 11.1 Å². The van der Waals surface area contributed by atoms with E-state index in [1.807, 2.05) is 24.3 Å². The Balaban J connectivity index is 1.96. The molecule has 3 nitrogen and oxygen atoms in total. The van der Waals surface area contributed by atoms with Crippen molar-refractivity contribution in [2.75, 3.05) is 25.1 Å². The average molecular weight is 250 g/mol. The van der Waals surface area contributed by atoms with Gasteiger partial charge in [0, 0.05) is 31.0 Å². The average Bonchev–Trinajstić information content (AvgIpc) is 2.38. The maximum absolute atomic E-state index is 5.69. The Morgan fingerprint density at radius 1 is 1.35 bits per heavy atom. The molecule has 0 aromatic heterocycles. The van der Waals surface area contributed by atoms with Gasteiger partial charge in [-0.15, -0.1) is 0 Å². The van der Waals surface area contributed by atoms with E-state index in [4.69, 9.17) is 22.7 Å². The van der Waals surface area contributed by atoms with Crippen LogP contribution in [0.4, 0.5) is 5.69 Å². The van der Waals surface area contributed by atoms with Gasteiger partial charge in [0.15, 0.2) is 0 Å². The number of hydrogen-bond donors (Lipinski definition) is 2. The quantitative estimate of drug-likeness (QED) is 0.804. The summed E-state index contributed by atoms with van der Waals surface area (Å²) < 4.78 is 5.35. The summed E-state index contributed by atoms with van der Waals surface area (Å²) in [6, 6.07) is 7.92. The molecule has 2 rings (SSSR count). The van der Waals surface area contributed by atoms with Crippen LogP contribution in [-0.4, -0.2) is 24.7 Å². The van der Waals surface area contributed by atoms with Crippen LogP contribution in [-0.2, 0) is 4.74 Å². The summed E-state index contributed by atoms with van der Waals surface area (Å²) in [6.45, 7) is 2.72. The van der Waals surface area contributed by atoms with Gasteiger partial charge in [-0.3, -0.25) is 0 Å². The van der Waals surface area contributed by atoms with Gasteiger partial charge in [-0.25, -0.2) is 0 Å². The predicted octanol–water partition coefficient (Wildman–Crippen LogP) is 2.16.